The first-order valence-electron chi connectivity index (χ1n) is 12.2. The molecule has 0 saturated carbocycles. The average molecular weight is 477 g/mol. The molecule has 0 unspecified atom stereocenters. The second kappa shape index (κ2) is 8.69. The molecule has 0 amide bonds. The Bertz CT molecular complexity index is 1660. The topological polar surface area (TPSA) is 112 Å². The number of aromatic amines is 2. The van der Waals surface area contributed by atoms with Gasteiger partial charge in [0.2, 0.25) is 0 Å². The van der Waals surface area contributed by atoms with Crippen LogP contribution in [0.15, 0.2) is 65.9 Å². The van der Waals surface area contributed by atoms with Crippen molar-refractivity contribution in [3.63, 3.8) is 0 Å². The van der Waals surface area contributed by atoms with Crippen molar-refractivity contribution < 1.29 is 4.42 Å². The first kappa shape index (κ1) is 21.0. The molecule has 0 radical (unpaired) electrons. The fourth-order valence-electron chi connectivity index (χ4n) is 4.97. The zero-order valence-electron chi connectivity index (χ0n) is 19.6. The predicted octanol–water partition coefficient (Wildman–Crippen LogP) is 5.20. The van der Waals surface area contributed by atoms with E-state index in [1.807, 2.05) is 36.7 Å². The van der Waals surface area contributed by atoms with Gasteiger partial charge in [-0.1, -0.05) is 6.42 Å². The molecule has 0 spiro atoms. The third-order valence-corrected chi connectivity index (χ3v) is 6.77. The van der Waals surface area contributed by atoms with Crippen LogP contribution in [0.4, 0.5) is 0 Å². The van der Waals surface area contributed by atoms with Gasteiger partial charge in [0.15, 0.2) is 11.5 Å². The number of rotatable bonds is 5. The molecule has 0 aromatic carbocycles. The van der Waals surface area contributed by atoms with Crippen molar-refractivity contribution in [2.75, 3.05) is 13.1 Å². The largest absolute Gasteiger partial charge is 0.472 e. The fourth-order valence-corrected chi connectivity index (χ4v) is 4.97. The van der Waals surface area contributed by atoms with E-state index in [1.165, 1.54) is 24.8 Å². The number of furan rings is 1. The van der Waals surface area contributed by atoms with E-state index in [1.54, 1.807) is 18.7 Å². The Morgan fingerprint density at radius 1 is 0.889 bits per heavy atom. The second-order valence-electron chi connectivity index (χ2n) is 9.24. The van der Waals surface area contributed by atoms with Gasteiger partial charge in [0, 0.05) is 36.3 Å². The quantitative estimate of drug-likeness (QED) is 0.351. The number of piperidine rings is 1. The molecule has 36 heavy (non-hydrogen) atoms. The number of nitrogens with zero attached hydrogens (tertiary/aromatic N) is 6. The predicted molar refractivity (Wildman–Crippen MR) is 137 cm³/mol. The smallest absolute Gasteiger partial charge is 0.161 e. The van der Waals surface area contributed by atoms with Crippen LogP contribution in [0.1, 0.15) is 24.8 Å². The normalized spacial score (nSPS) is 14.7. The third-order valence-electron chi connectivity index (χ3n) is 6.77. The number of imidazole rings is 1. The number of nitrogens with one attached hydrogen (secondary N) is 2. The van der Waals surface area contributed by atoms with E-state index in [9.17, 15) is 0 Å². The lowest BCUT2D eigenvalue weighted by Gasteiger charge is -2.26. The van der Waals surface area contributed by atoms with Crippen molar-refractivity contribution in [1.29, 1.82) is 0 Å². The van der Waals surface area contributed by atoms with Crippen LogP contribution in [0, 0.1) is 0 Å². The van der Waals surface area contributed by atoms with Crippen molar-refractivity contribution >= 4 is 22.1 Å². The van der Waals surface area contributed by atoms with Crippen LogP contribution in [-0.4, -0.2) is 53.1 Å². The Morgan fingerprint density at radius 2 is 1.81 bits per heavy atom. The zero-order valence-corrected chi connectivity index (χ0v) is 19.6. The van der Waals surface area contributed by atoms with E-state index in [4.69, 9.17) is 14.4 Å². The summed E-state index contributed by atoms with van der Waals surface area (Å²) in [5.74, 6) is 0.635. The molecule has 0 aliphatic carbocycles. The average Bonchev–Trinajstić information content (AvgIpc) is 3.68. The summed E-state index contributed by atoms with van der Waals surface area (Å²) >= 11 is 0. The number of aromatic nitrogens is 7. The minimum Gasteiger partial charge on any atom is -0.472 e. The number of fused-ring (bicyclic) bond motifs is 2. The molecule has 1 aliphatic rings. The van der Waals surface area contributed by atoms with Gasteiger partial charge in [-0.15, -0.1) is 0 Å². The van der Waals surface area contributed by atoms with E-state index >= 15 is 0 Å². The second-order valence-corrected chi connectivity index (χ2v) is 9.24. The number of H-pyrrole nitrogens is 2. The van der Waals surface area contributed by atoms with E-state index in [0.29, 0.717) is 11.5 Å². The van der Waals surface area contributed by atoms with Gasteiger partial charge in [-0.25, -0.2) is 9.97 Å². The molecule has 0 bridgehead atoms. The highest BCUT2D eigenvalue weighted by Gasteiger charge is 2.18. The molecule has 178 valence electrons. The van der Waals surface area contributed by atoms with Crippen LogP contribution in [0.5, 0.6) is 0 Å². The van der Waals surface area contributed by atoms with Crippen LogP contribution in [0.3, 0.4) is 0 Å². The maximum absolute atomic E-state index is 5.25. The van der Waals surface area contributed by atoms with Crippen LogP contribution >= 0.6 is 0 Å². The minimum absolute atomic E-state index is 0.635. The monoisotopic (exact) mass is 476 g/mol. The molecule has 0 atom stereocenters. The van der Waals surface area contributed by atoms with Gasteiger partial charge >= 0.3 is 0 Å². The van der Waals surface area contributed by atoms with Gasteiger partial charge < -0.3 is 9.40 Å². The zero-order chi connectivity index (χ0) is 23.9. The summed E-state index contributed by atoms with van der Waals surface area (Å²) in [5.41, 5.74) is 8.60. The molecule has 1 aliphatic heterocycles. The highest BCUT2D eigenvalue weighted by molar-refractivity contribution is 5.94. The Morgan fingerprint density at radius 3 is 2.69 bits per heavy atom. The summed E-state index contributed by atoms with van der Waals surface area (Å²) in [6.07, 6.45) is 12.8. The molecule has 9 heteroatoms. The fraction of sp³-hybridized carbons (Fsp3) is 0.222. The maximum Gasteiger partial charge on any atom is 0.161 e. The van der Waals surface area contributed by atoms with Crippen LogP contribution < -0.4 is 0 Å². The van der Waals surface area contributed by atoms with Gasteiger partial charge in [0.05, 0.1) is 29.3 Å². The minimum atomic E-state index is 0.635. The number of hydrogen-bond acceptors (Lipinski definition) is 7. The standard InChI is InChI=1S/C27H24N8O/c1-2-9-35(10-3-1)15-17-12-19(14-28-13-17)20-4-5-22-25(30-20)26(34-33-22)27-31-21-6-8-29-23(24(21)32-27)18-7-11-36-16-18/h4-8,11-14,16H,1-3,9-10,15H2,(H,31,32)(H,33,34). The molecular weight excluding hydrogens is 452 g/mol. The van der Waals surface area contributed by atoms with E-state index in [0.717, 1.165) is 64.2 Å². The van der Waals surface area contributed by atoms with Crippen LogP contribution in [0.2, 0.25) is 0 Å². The molecule has 1 fully saturated rings. The maximum atomic E-state index is 5.25. The molecular formula is C27H24N8O. The summed E-state index contributed by atoms with van der Waals surface area (Å²) in [7, 11) is 0. The van der Waals surface area contributed by atoms with Crippen molar-refractivity contribution in [2.24, 2.45) is 0 Å². The first-order chi connectivity index (χ1) is 17.8. The van der Waals surface area contributed by atoms with Crippen molar-refractivity contribution in [2.45, 2.75) is 25.8 Å². The van der Waals surface area contributed by atoms with Gasteiger partial charge in [0.1, 0.15) is 16.7 Å². The molecule has 6 aromatic heterocycles. The molecule has 2 N–H and O–H groups in total. The Kier molecular flexibility index (Phi) is 5.06. The first-order valence-corrected chi connectivity index (χ1v) is 12.2. The highest BCUT2D eigenvalue weighted by Crippen LogP contribution is 2.31. The lowest BCUT2D eigenvalue weighted by atomic mass is 10.1. The summed E-state index contributed by atoms with van der Waals surface area (Å²) in [5, 5.41) is 7.63. The molecule has 9 nitrogen and oxygen atoms in total. The molecule has 7 heterocycles. The highest BCUT2D eigenvalue weighted by atomic mass is 16.3. The SMILES string of the molecule is c1cc2[nH]c(-c3n[nH]c4ccc(-c5cncc(CN6CCCCC6)c5)nc34)nc2c(-c2ccoc2)n1. The van der Waals surface area contributed by atoms with Gasteiger partial charge in [0.25, 0.3) is 0 Å². The van der Waals surface area contributed by atoms with Gasteiger partial charge in [-0.3, -0.25) is 20.0 Å². The lowest BCUT2D eigenvalue weighted by molar-refractivity contribution is 0.220. The molecule has 1 saturated heterocycles. The van der Waals surface area contributed by atoms with Crippen LogP contribution in [-0.2, 0) is 6.54 Å². The summed E-state index contributed by atoms with van der Waals surface area (Å²) < 4.78 is 5.25. The Hall–Kier alpha value is -4.37. The van der Waals surface area contributed by atoms with Crippen LogP contribution in [0.25, 0.3) is 56.1 Å². The molecule has 7 rings (SSSR count). The number of hydrogen-bond donors (Lipinski definition) is 2. The van der Waals surface area contributed by atoms with Crippen molar-refractivity contribution in [1.82, 2.24) is 40.0 Å². The lowest BCUT2D eigenvalue weighted by Crippen LogP contribution is -2.29. The van der Waals surface area contributed by atoms with Gasteiger partial charge in [-0.2, -0.15) is 5.10 Å². The van der Waals surface area contributed by atoms with Gasteiger partial charge in [-0.05, 0) is 61.8 Å². The Labute approximate surface area is 206 Å². The summed E-state index contributed by atoms with van der Waals surface area (Å²) in [6.45, 7) is 3.23. The molecule has 6 aromatic rings. The van der Waals surface area contributed by atoms with E-state index in [2.05, 4.69) is 36.1 Å². The summed E-state index contributed by atoms with van der Waals surface area (Å²) in [4.78, 5) is 24.7. The summed E-state index contributed by atoms with van der Waals surface area (Å²) in [6, 6.07) is 9.99. The van der Waals surface area contributed by atoms with Crippen molar-refractivity contribution in [3.8, 4) is 34.0 Å². The Balaban J connectivity index is 1.26. The van der Waals surface area contributed by atoms with E-state index in [-0.39, 0.29) is 0 Å². The number of likely N-dealkylation sites (tertiary alicyclic amines) is 1. The third kappa shape index (κ3) is 3.74. The van der Waals surface area contributed by atoms with E-state index < -0.39 is 0 Å². The number of pyridine rings is 3. The van der Waals surface area contributed by atoms with Crippen molar-refractivity contribution in [3.05, 3.63) is 67.0 Å².